The van der Waals surface area contributed by atoms with E-state index in [1.807, 2.05) is 0 Å². The van der Waals surface area contributed by atoms with E-state index in [0.29, 0.717) is 11.5 Å². The third-order valence-corrected chi connectivity index (χ3v) is 2.80. The van der Waals surface area contributed by atoms with Crippen LogP contribution in [0.2, 0.25) is 0 Å². The number of aromatic nitrogens is 1. The van der Waals surface area contributed by atoms with E-state index in [2.05, 4.69) is 10.3 Å². The van der Waals surface area contributed by atoms with Crippen LogP contribution in [0.15, 0.2) is 36.4 Å². The van der Waals surface area contributed by atoms with Crippen molar-refractivity contribution in [3.05, 3.63) is 47.9 Å². The van der Waals surface area contributed by atoms with Gasteiger partial charge < -0.3 is 14.8 Å². The van der Waals surface area contributed by atoms with Crippen molar-refractivity contribution in [2.24, 2.45) is 0 Å². The average Bonchev–Trinajstić information content (AvgIpc) is 2.47. The topological polar surface area (TPSA) is 60.5 Å². The molecule has 110 valence electrons. The smallest absolute Gasteiger partial charge is 0.229 e. The number of benzene rings is 1. The van der Waals surface area contributed by atoms with Gasteiger partial charge in [-0.15, -0.1) is 0 Å². The van der Waals surface area contributed by atoms with Crippen LogP contribution in [0.4, 0.5) is 10.2 Å². The maximum Gasteiger partial charge on any atom is 0.229 e. The zero-order valence-electron chi connectivity index (χ0n) is 11.7. The van der Waals surface area contributed by atoms with Crippen LogP contribution in [0.25, 0.3) is 0 Å². The van der Waals surface area contributed by atoms with Gasteiger partial charge in [-0.3, -0.25) is 4.79 Å². The van der Waals surface area contributed by atoms with Crippen LogP contribution in [0.1, 0.15) is 5.56 Å². The molecule has 0 saturated heterocycles. The van der Waals surface area contributed by atoms with Gasteiger partial charge in [-0.05, 0) is 29.8 Å². The Labute approximate surface area is 121 Å². The number of hydrogen-bond donors (Lipinski definition) is 1. The number of amides is 1. The van der Waals surface area contributed by atoms with Gasteiger partial charge in [0.15, 0.2) is 11.5 Å². The molecule has 1 amide bonds. The Bertz CT molecular complexity index is 647. The Kier molecular flexibility index (Phi) is 4.71. The molecule has 1 N–H and O–H groups in total. The number of ether oxygens (including phenoxy) is 2. The standard InChI is InChI=1S/C15H15FN2O3/c1-20-11-7-6-10(8-12(11)21-2)9-15(19)18-14-5-3-4-13(16)17-14/h3-8H,9H2,1-2H3,(H,17,18,19). The van der Waals surface area contributed by atoms with Crippen molar-refractivity contribution < 1.29 is 18.7 Å². The van der Waals surface area contributed by atoms with Gasteiger partial charge in [0.05, 0.1) is 20.6 Å². The molecular formula is C15H15FN2O3. The second kappa shape index (κ2) is 6.69. The number of nitrogens with one attached hydrogen (secondary N) is 1. The van der Waals surface area contributed by atoms with Crippen molar-refractivity contribution in [2.45, 2.75) is 6.42 Å². The number of halogens is 1. The minimum Gasteiger partial charge on any atom is -0.493 e. The van der Waals surface area contributed by atoms with Crippen LogP contribution in [0.3, 0.4) is 0 Å². The van der Waals surface area contributed by atoms with Crippen LogP contribution >= 0.6 is 0 Å². The third kappa shape index (κ3) is 3.92. The average molecular weight is 290 g/mol. The quantitative estimate of drug-likeness (QED) is 0.859. The van der Waals surface area contributed by atoms with Crippen molar-refractivity contribution in [1.29, 1.82) is 0 Å². The molecule has 0 aliphatic carbocycles. The molecule has 1 heterocycles. The van der Waals surface area contributed by atoms with E-state index in [9.17, 15) is 9.18 Å². The highest BCUT2D eigenvalue weighted by Gasteiger charge is 2.09. The van der Waals surface area contributed by atoms with Crippen molar-refractivity contribution in [3.63, 3.8) is 0 Å². The summed E-state index contributed by atoms with van der Waals surface area (Å²) in [5, 5.41) is 2.54. The maximum atomic E-state index is 12.9. The molecule has 5 nitrogen and oxygen atoms in total. The van der Waals surface area contributed by atoms with Crippen LogP contribution in [0, 0.1) is 5.95 Å². The lowest BCUT2D eigenvalue weighted by atomic mass is 10.1. The van der Waals surface area contributed by atoms with E-state index in [4.69, 9.17) is 9.47 Å². The van der Waals surface area contributed by atoms with E-state index in [1.54, 1.807) is 25.3 Å². The highest BCUT2D eigenvalue weighted by molar-refractivity contribution is 5.91. The van der Waals surface area contributed by atoms with Crippen molar-refractivity contribution in [2.75, 3.05) is 19.5 Å². The SMILES string of the molecule is COc1ccc(CC(=O)Nc2cccc(F)n2)cc1OC. The van der Waals surface area contributed by atoms with Crippen LogP contribution < -0.4 is 14.8 Å². The molecule has 0 bridgehead atoms. The van der Waals surface area contributed by atoms with E-state index in [-0.39, 0.29) is 18.1 Å². The van der Waals surface area contributed by atoms with Gasteiger partial charge >= 0.3 is 0 Å². The van der Waals surface area contributed by atoms with Gasteiger partial charge in [-0.2, -0.15) is 4.39 Å². The molecule has 0 aliphatic rings. The van der Waals surface area contributed by atoms with E-state index < -0.39 is 5.95 Å². The van der Waals surface area contributed by atoms with Crippen molar-refractivity contribution in [1.82, 2.24) is 4.98 Å². The minimum absolute atomic E-state index is 0.124. The van der Waals surface area contributed by atoms with E-state index in [1.165, 1.54) is 25.3 Å². The molecule has 0 saturated carbocycles. The van der Waals surface area contributed by atoms with Crippen molar-refractivity contribution >= 4 is 11.7 Å². The summed E-state index contributed by atoms with van der Waals surface area (Å²) in [4.78, 5) is 15.5. The van der Waals surface area contributed by atoms with Gasteiger partial charge in [0.1, 0.15) is 5.82 Å². The van der Waals surface area contributed by atoms with Gasteiger partial charge in [0.2, 0.25) is 11.9 Å². The number of carbonyl (C=O) groups is 1. The summed E-state index contributed by atoms with van der Waals surface area (Å²) in [6.07, 6.45) is 0.124. The first kappa shape index (κ1) is 14.8. The van der Waals surface area contributed by atoms with E-state index in [0.717, 1.165) is 5.56 Å². The zero-order valence-corrected chi connectivity index (χ0v) is 11.7. The van der Waals surface area contributed by atoms with Gasteiger partial charge in [-0.1, -0.05) is 12.1 Å². The Hall–Kier alpha value is -2.63. The summed E-state index contributed by atoms with van der Waals surface area (Å²) in [5.74, 6) is 0.389. The number of methoxy groups -OCH3 is 2. The fraction of sp³-hybridized carbons (Fsp3) is 0.200. The summed E-state index contributed by atoms with van der Waals surface area (Å²) in [6, 6.07) is 9.42. The molecule has 0 fully saturated rings. The zero-order chi connectivity index (χ0) is 15.2. The predicted octanol–water partition coefficient (Wildman–Crippen LogP) is 2.42. The fourth-order valence-corrected chi connectivity index (χ4v) is 1.84. The highest BCUT2D eigenvalue weighted by Crippen LogP contribution is 2.27. The summed E-state index contributed by atoms with van der Waals surface area (Å²) in [6.45, 7) is 0. The second-order valence-corrected chi connectivity index (χ2v) is 4.26. The van der Waals surface area contributed by atoms with Crippen LogP contribution in [0.5, 0.6) is 11.5 Å². The molecule has 2 rings (SSSR count). The van der Waals surface area contributed by atoms with Crippen LogP contribution in [-0.2, 0) is 11.2 Å². The number of hydrogen-bond acceptors (Lipinski definition) is 4. The molecule has 0 unspecified atom stereocenters. The fourth-order valence-electron chi connectivity index (χ4n) is 1.84. The molecule has 0 atom stereocenters. The first-order valence-electron chi connectivity index (χ1n) is 6.25. The lowest BCUT2D eigenvalue weighted by Gasteiger charge is -2.09. The molecule has 0 spiro atoms. The van der Waals surface area contributed by atoms with Gasteiger partial charge in [-0.25, -0.2) is 4.98 Å². The maximum absolute atomic E-state index is 12.9. The summed E-state index contributed by atoms with van der Waals surface area (Å²) >= 11 is 0. The monoisotopic (exact) mass is 290 g/mol. The highest BCUT2D eigenvalue weighted by atomic mass is 19.1. The molecule has 0 radical (unpaired) electrons. The molecule has 1 aromatic carbocycles. The first-order chi connectivity index (χ1) is 10.1. The molecular weight excluding hydrogens is 275 g/mol. The number of rotatable bonds is 5. The second-order valence-electron chi connectivity index (χ2n) is 4.26. The Morgan fingerprint density at radius 1 is 1.19 bits per heavy atom. The third-order valence-electron chi connectivity index (χ3n) is 2.80. The molecule has 21 heavy (non-hydrogen) atoms. The Balaban J connectivity index is 2.06. The Morgan fingerprint density at radius 3 is 2.62 bits per heavy atom. The summed E-state index contributed by atoms with van der Waals surface area (Å²) in [7, 11) is 3.07. The number of pyridine rings is 1. The lowest BCUT2D eigenvalue weighted by Crippen LogP contribution is -2.15. The molecule has 0 aliphatic heterocycles. The largest absolute Gasteiger partial charge is 0.493 e. The van der Waals surface area contributed by atoms with Gasteiger partial charge in [0.25, 0.3) is 0 Å². The molecule has 6 heteroatoms. The first-order valence-corrected chi connectivity index (χ1v) is 6.25. The van der Waals surface area contributed by atoms with E-state index >= 15 is 0 Å². The Morgan fingerprint density at radius 2 is 1.95 bits per heavy atom. The lowest BCUT2D eigenvalue weighted by molar-refractivity contribution is -0.115. The summed E-state index contributed by atoms with van der Waals surface area (Å²) in [5.41, 5.74) is 0.751. The predicted molar refractivity (Wildman–Crippen MR) is 76.1 cm³/mol. The van der Waals surface area contributed by atoms with Gasteiger partial charge in [0, 0.05) is 0 Å². The molecule has 2 aromatic rings. The summed E-state index contributed by atoms with van der Waals surface area (Å²) < 4.78 is 23.2. The number of carbonyl (C=O) groups excluding carboxylic acids is 1. The molecule has 1 aromatic heterocycles. The number of anilines is 1. The van der Waals surface area contributed by atoms with Crippen molar-refractivity contribution in [3.8, 4) is 11.5 Å². The normalized spacial score (nSPS) is 10.0. The van der Waals surface area contributed by atoms with Crippen LogP contribution in [-0.4, -0.2) is 25.1 Å². The number of nitrogens with zero attached hydrogens (tertiary/aromatic N) is 1. The minimum atomic E-state index is -0.640.